The summed E-state index contributed by atoms with van der Waals surface area (Å²) in [5.74, 6) is 1.81. The van der Waals surface area contributed by atoms with E-state index in [4.69, 9.17) is 4.74 Å². The second-order valence-electron chi connectivity index (χ2n) is 5.40. The van der Waals surface area contributed by atoms with Crippen LogP contribution in [0, 0.1) is 12.7 Å². The molecule has 23 heavy (non-hydrogen) atoms. The van der Waals surface area contributed by atoms with E-state index < -0.39 is 0 Å². The van der Waals surface area contributed by atoms with Crippen LogP contribution in [0.3, 0.4) is 0 Å². The first-order valence-corrected chi connectivity index (χ1v) is 8.55. The predicted molar refractivity (Wildman–Crippen MR) is 89.7 cm³/mol. The molecule has 3 rings (SSSR count). The summed E-state index contributed by atoms with van der Waals surface area (Å²) in [7, 11) is 0. The van der Waals surface area contributed by atoms with Gasteiger partial charge in [-0.3, -0.25) is 4.79 Å². The molecule has 1 amide bonds. The van der Waals surface area contributed by atoms with Crippen LogP contribution in [0.4, 0.5) is 10.1 Å². The van der Waals surface area contributed by atoms with Crippen molar-refractivity contribution in [1.29, 1.82) is 0 Å². The Morgan fingerprint density at radius 1 is 1.39 bits per heavy atom. The second-order valence-corrected chi connectivity index (χ2v) is 6.55. The molecule has 2 aromatic rings. The number of nitrogens with one attached hydrogen (secondary N) is 1. The molecule has 1 aromatic heterocycles. The Bertz CT molecular complexity index is 717. The van der Waals surface area contributed by atoms with Gasteiger partial charge in [0.15, 0.2) is 0 Å². The van der Waals surface area contributed by atoms with Gasteiger partial charge in [0.2, 0.25) is 5.88 Å². The van der Waals surface area contributed by atoms with Crippen LogP contribution < -0.4 is 10.1 Å². The molecular weight excluding hydrogens is 315 g/mol. The maximum atomic E-state index is 13.5. The monoisotopic (exact) mass is 332 g/mol. The molecule has 1 fully saturated rings. The number of hydrogen-bond donors (Lipinski definition) is 1. The Kier molecular flexibility index (Phi) is 4.81. The number of pyridine rings is 1. The third-order valence-electron chi connectivity index (χ3n) is 3.60. The Hall–Kier alpha value is -2.08. The van der Waals surface area contributed by atoms with E-state index >= 15 is 0 Å². The summed E-state index contributed by atoms with van der Waals surface area (Å²) in [6, 6.07) is 7.83. The number of anilines is 1. The molecule has 0 radical (unpaired) electrons. The van der Waals surface area contributed by atoms with E-state index in [-0.39, 0.29) is 17.8 Å². The van der Waals surface area contributed by atoms with E-state index in [1.54, 1.807) is 37.4 Å². The summed E-state index contributed by atoms with van der Waals surface area (Å²) in [6.45, 7) is 1.68. The van der Waals surface area contributed by atoms with Crippen LogP contribution in [0.2, 0.25) is 0 Å². The zero-order chi connectivity index (χ0) is 16.2. The minimum Gasteiger partial charge on any atom is -0.473 e. The number of benzene rings is 1. The lowest BCUT2D eigenvalue weighted by atomic mass is 10.2. The molecule has 4 nitrogen and oxygen atoms in total. The molecule has 6 heteroatoms. The lowest BCUT2D eigenvalue weighted by Gasteiger charge is -2.12. The SMILES string of the molecule is Cc1ccc(NC(=O)c2ccnc(OC3CCSC3)c2)cc1F. The molecule has 1 atom stereocenters. The van der Waals surface area contributed by atoms with Crippen molar-refractivity contribution in [2.75, 3.05) is 16.8 Å². The number of ether oxygens (including phenoxy) is 1. The summed E-state index contributed by atoms with van der Waals surface area (Å²) in [6.07, 6.45) is 2.69. The van der Waals surface area contributed by atoms with Crippen LogP contribution in [-0.2, 0) is 0 Å². The van der Waals surface area contributed by atoms with E-state index in [0.717, 1.165) is 17.9 Å². The molecule has 0 saturated carbocycles. The number of amides is 1. The second kappa shape index (κ2) is 7.00. The van der Waals surface area contributed by atoms with Crippen molar-refractivity contribution in [1.82, 2.24) is 4.98 Å². The number of rotatable bonds is 4. The fraction of sp³-hybridized carbons (Fsp3) is 0.294. The number of thioether (sulfide) groups is 1. The van der Waals surface area contributed by atoms with Gasteiger partial charge in [-0.25, -0.2) is 9.37 Å². The van der Waals surface area contributed by atoms with Crippen LogP contribution in [0.15, 0.2) is 36.5 Å². The predicted octanol–water partition coefficient (Wildman–Crippen LogP) is 3.67. The van der Waals surface area contributed by atoms with Crippen LogP contribution in [0.5, 0.6) is 5.88 Å². The molecule has 1 N–H and O–H groups in total. The molecule has 1 aliphatic heterocycles. The first-order valence-electron chi connectivity index (χ1n) is 7.40. The summed E-state index contributed by atoms with van der Waals surface area (Å²) < 4.78 is 19.3. The zero-order valence-electron chi connectivity index (χ0n) is 12.7. The third kappa shape index (κ3) is 4.01. The Balaban J connectivity index is 1.70. The fourth-order valence-electron chi connectivity index (χ4n) is 2.27. The van der Waals surface area contributed by atoms with Gasteiger partial charge in [0.1, 0.15) is 11.9 Å². The van der Waals surface area contributed by atoms with Crippen molar-refractivity contribution < 1.29 is 13.9 Å². The summed E-state index contributed by atoms with van der Waals surface area (Å²) in [5, 5.41) is 2.68. The maximum absolute atomic E-state index is 13.5. The van der Waals surface area contributed by atoms with E-state index in [9.17, 15) is 9.18 Å². The van der Waals surface area contributed by atoms with Crippen LogP contribution >= 0.6 is 11.8 Å². The van der Waals surface area contributed by atoms with E-state index in [0.29, 0.717) is 22.7 Å². The number of aryl methyl sites for hydroxylation is 1. The van der Waals surface area contributed by atoms with Crippen molar-refractivity contribution >= 4 is 23.4 Å². The van der Waals surface area contributed by atoms with Gasteiger partial charge in [0, 0.05) is 29.3 Å². The third-order valence-corrected chi connectivity index (χ3v) is 4.73. The van der Waals surface area contributed by atoms with Crippen LogP contribution in [-0.4, -0.2) is 28.5 Å². The first-order chi connectivity index (χ1) is 11.1. The highest BCUT2D eigenvalue weighted by molar-refractivity contribution is 7.99. The molecule has 2 heterocycles. The number of nitrogens with zero attached hydrogens (tertiary/aromatic N) is 1. The first kappa shape index (κ1) is 15.8. The average molecular weight is 332 g/mol. The Labute approximate surface area is 138 Å². The number of halogens is 1. The quantitative estimate of drug-likeness (QED) is 0.928. The van der Waals surface area contributed by atoms with Crippen molar-refractivity contribution in [2.45, 2.75) is 19.4 Å². The number of carbonyl (C=O) groups excluding carboxylic acids is 1. The normalized spacial score (nSPS) is 17.0. The van der Waals surface area contributed by atoms with E-state index in [1.165, 1.54) is 6.07 Å². The van der Waals surface area contributed by atoms with Crippen molar-refractivity contribution in [3.05, 3.63) is 53.5 Å². The smallest absolute Gasteiger partial charge is 0.255 e. The minimum absolute atomic E-state index is 0.150. The van der Waals surface area contributed by atoms with Gasteiger partial charge in [0.25, 0.3) is 5.91 Å². The molecule has 1 aromatic carbocycles. The largest absolute Gasteiger partial charge is 0.473 e. The van der Waals surface area contributed by atoms with E-state index in [2.05, 4.69) is 10.3 Å². The van der Waals surface area contributed by atoms with Gasteiger partial charge in [-0.1, -0.05) is 6.07 Å². The highest BCUT2D eigenvalue weighted by Crippen LogP contribution is 2.22. The number of aromatic nitrogens is 1. The zero-order valence-corrected chi connectivity index (χ0v) is 13.5. The van der Waals surface area contributed by atoms with Gasteiger partial charge < -0.3 is 10.1 Å². The molecule has 0 aliphatic carbocycles. The lowest BCUT2D eigenvalue weighted by molar-refractivity contribution is 0.102. The standard InChI is InChI=1S/C17H17FN2O2S/c1-11-2-3-13(9-15(11)18)20-17(21)12-4-6-19-16(8-12)22-14-5-7-23-10-14/h2-4,6,8-9,14H,5,7,10H2,1H3,(H,20,21). The topological polar surface area (TPSA) is 51.2 Å². The number of hydrogen-bond acceptors (Lipinski definition) is 4. The van der Waals surface area contributed by atoms with Gasteiger partial charge in [-0.2, -0.15) is 11.8 Å². The molecule has 1 aliphatic rings. The maximum Gasteiger partial charge on any atom is 0.255 e. The summed E-state index contributed by atoms with van der Waals surface area (Å²) in [4.78, 5) is 16.4. The lowest BCUT2D eigenvalue weighted by Crippen LogP contribution is -2.17. The van der Waals surface area contributed by atoms with Crippen LogP contribution in [0.25, 0.3) is 0 Å². The molecule has 0 bridgehead atoms. The van der Waals surface area contributed by atoms with Crippen molar-refractivity contribution in [3.63, 3.8) is 0 Å². The molecule has 0 spiro atoms. The molecule has 1 unspecified atom stereocenters. The molecule has 1 saturated heterocycles. The minimum atomic E-state index is -0.347. The van der Waals surface area contributed by atoms with Crippen molar-refractivity contribution in [3.8, 4) is 5.88 Å². The molecule has 120 valence electrons. The highest BCUT2D eigenvalue weighted by atomic mass is 32.2. The van der Waals surface area contributed by atoms with E-state index in [1.807, 2.05) is 11.8 Å². The molecular formula is C17H17FN2O2S. The highest BCUT2D eigenvalue weighted by Gasteiger charge is 2.18. The van der Waals surface area contributed by atoms with Crippen LogP contribution in [0.1, 0.15) is 22.3 Å². The Morgan fingerprint density at radius 2 is 2.26 bits per heavy atom. The fourth-order valence-corrected chi connectivity index (χ4v) is 3.36. The van der Waals surface area contributed by atoms with Gasteiger partial charge in [-0.05, 0) is 42.9 Å². The average Bonchev–Trinajstić information content (AvgIpc) is 3.04. The Morgan fingerprint density at radius 3 is 3.00 bits per heavy atom. The summed E-state index contributed by atoms with van der Waals surface area (Å²) >= 11 is 1.85. The summed E-state index contributed by atoms with van der Waals surface area (Å²) in [5.41, 5.74) is 1.39. The number of carbonyl (C=O) groups is 1. The van der Waals surface area contributed by atoms with Gasteiger partial charge in [-0.15, -0.1) is 0 Å². The van der Waals surface area contributed by atoms with Gasteiger partial charge >= 0.3 is 0 Å². The van der Waals surface area contributed by atoms with Gasteiger partial charge in [0.05, 0.1) is 0 Å². The van der Waals surface area contributed by atoms with Crippen molar-refractivity contribution in [2.24, 2.45) is 0 Å².